The van der Waals surface area contributed by atoms with Gasteiger partial charge in [0.15, 0.2) is 0 Å². The minimum absolute atomic E-state index is 0.112. The third-order valence-corrected chi connectivity index (χ3v) is 4.31. The molecule has 106 valence electrons. The van der Waals surface area contributed by atoms with Gasteiger partial charge in [-0.2, -0.15) is 0 Å². The first-order chi connectivity index (χ1) is 10.2. The average Bonchev–Trinajstić information content (AvgIpc) is 2.83. The second-order valence-electron chi connectivity index (χ2n) is 4.72. The number of benzene rings is 2. The van der Waals surface area contributed by atoms with Gasteiger partial charge in [-0.3, -0.25) is 4.79 Å². The summed E-state index contributed by atoms with van der Waals surface area (Å²) in [6.07, 6.45) is 0.332. The molecule has 0 spiro atoms. The topological polar surface area (TPSA) is 46.4 Å². The molecule has 0 saturated heterocycles. The summed E-state index contributed by atoms with van der Waals surface area (Å²) in [6.45, 7) is 0. The highest BCUT2D eigenvalue weighted by molar-refractivity contribution is 7.16. The molecule has 2 aromatic carbocycles. The van der Waals surface area contributed by atoms with Crippen LogP contribution in [0, 0.1) is 0 Å². The van der Waals surface area contributed by atoms with Crippen molar-refractivity contribution in [1.29, 1.82) is 0 Å². The summed E-state index contributed by atoms with van der Waals surface area (Å²) in [6, 6.07) is 17.7. The predicted molar refractivity (Wildman–Crippen MR) is 84.6 cm³/mol. The summed E-state index contributed by atoms with van der Waals surface area (Å²) in [5, 5.41) is 4.22. The molecule has 1 heterocycles. The van der Waals surface area contributed by atoms with Gasteiger partial charge in [-0.1, -0.05) is 53.8 Å². The minimum atomic E-state index is -0.112. The SMILES string of the molecule is Cn1/c(=N\NC(=O)Cc2ccccc2)sc2ccccc21. The molecule has 1 N–H and O–H groups in total. The Morgan fingerprint density at radius 3 is 2.62 bits per heavy atom. The molecule has 5 heteroatoms. The predicted octanol–water partition coefficient (Wildman–Crippen LogP) is 2.41. The van der Waals surface area contributed by atoms with Crippen molar-refractivity contribution in [2.24, 2.45) is 12.1 Å². The molecule has 3 rings (SSSR count). The number of para-hydroxylation sites is 1. The number of thiazole rings is 1. The molecule has 0 aliphatic carbocycles. The fraction of sp³-hybridized carbons (Fsp3) is 0.125. The number of hydrogen-bond donors (Lipinski definition) is 1. The first-order valence-electron chi connectivity index (χ1n) is 6.65. The third kappa shape index (κ3) is 3.03. The zero-order chi connectivity index (χ0) is 14.7. The lowest BCUT2D eigenvalue weighted by Gasteiger charge is -1.99. The van der Waals surface area contributed by atoms with Crippen LogP contribution < -0.4 is 10.2 Å². The highest BCUT2D eigenvalue weighted by atomic mass is 32.1. The van der Waals surface area contributed by atoms with Crippen LogP contribution in [-0.2, 0) is 18.3 Å². The molecule has 0 aliphatic heterocycles. The van der Waals surface area contributed by atoms with E-state index in [9.17, 15) is 4.79 Å². The van der Waals surface area contributed by atoms with Crippen LogP contribution >= 0.6 is 11.3 Å². The van der Waals surface area contributed by atoms with Crippen LogP contribution in [0.15, 0.2) is 59.7 Å². The number of nitrogens with zero attached hydrogens (tertiary/aromatic N) is 2. The van der Waals surface area contributed by atoms with Gasteiger partial charge in [0, 0.05) is 7.05 Å². The molecule has 0 unspecified atom stereocenters. The van der Waals surface area contributed by atoms with Gasteiger partial charge in [0.25, 0.3) is 0 Å². The number of nitrogens with one attached hydrogen (secondary N) is 1. The standard InChI is InChI=1S/C16H15N3OS/c1-19-13-9-5-6-10-14(13)21-16(19)18-17-15(20)11-12-7-3-2-4-8-12/h2-10H,11H2,1H3,(H,17,20)/b18-16+. The lowest BCUT2D eigenvalue weighted by molar-refractivity contribution is -0.120. The van der Waals surface area contributed by atoms with Crippen molar-refractivity contribution < 1.29 is 4.79 Å². The van der Waals surface area contributed by atoms with Crippen molar-refractivity contribution in [1.82, 2.24) is 9.99 Å². The number of carbonyl (C=O) groups is 1. The second kappa shape index (κ2) is 5.93. The number of aryl methyl sites for hydroxylation is 1. The van der Waals surface area contributed by atoms with Gasteiger partial charge in [-0.15, -0.1) is 5.10 Å². The fourth-order valence-electron chi connectivity index (χ4n) is 2.12. The highest BCUT2D eigenvalue weighted by Crippen LogP contribution is 2.14. The molecule has 4 nitrogen and oxygen atoms in total. The Balaban J connectivity index is 1.78. The quantitative estimate of drug-likeness (QED) is 0.741. The zero-order valence-corrected chi connectivity index (χ0v) is 12.4. The summed E-state index contributed by atoms with van der Waals surface area (Å²) in [5.41, 5.74) is 4.71. The van der Waals surface area contributed by atoms with Crippen LogP contribution in [0.3, 0.4) is 0 Å². The van der Waals surface area contributed by atoms with Crippen LogP contribution in [0.5, 0.6) is 0 Å². The Morgan fingerprint density at radius 2 is 1.86 bits per heavy atom. The molecule has 0 fully saturated rings. The zero-order valence-electron chi connectivity index (χ0n) is 11.6. The highest BCUT2D eigenvalue weighted by Gasteiger charge is 2.04. The number of fused-ring (bicyclic) bond motifs is 1. The Labute approximate surface area is 126 Å². The van der Waals surface area contributed by atoms with E-state index in [1.54, 1.807) is 11.3 Å². The van der Waals surface area contributed by atoms with Gasteiger partial charge in [0.2, 0.25) is 10.7 Å². The van der Waals surface area contributed by atoms with Gasteiger partial charge in [0.05, 0.1) is 16.6 Å². The summed E-state index contributed by atoms with van der Waals surface area (Å²) in [5.74, 6) is -0.112. The normalized spacial score (nSPS) is 11.8. The van der Waals surface area contributed by atoms with Crippen LogP contribution in [0.1, 0.15) is 5.56 Å². The number of rotatable bonds is 3. The van der Waals surface area contributed by atoms with E-state index in [1.165, 1.54) is 0 Å². The molecular weight excluding hydrogens is 282 g/mol. The van der Waals surface area contributed by atoms with E-state index >= 15 is 0 Å². The lowest BCUT2D eigenvalue weighted by atomic mass is 10.1. The molecule has 0 aliphatic rings. The molecule has 21 heavy (non-hydrogen) atoms. The van der Waals surface area contributed by atoms with Crippen LogP contribution in [-0.4, -0.2) is 10.5 Å². The Kier molecular flexibility index (Phi) is 3.83. The maximum Gasteiger partial charge on any atom is 0.244 e. The Morgan fingerprint density at radius 1 is 1.14 bits per heavy atom. The van der Waals surface area contributed by atoms with Crippen LogP contribution in [0.2, 0.25) is 0 Å². The van der Waals surface area contributed by atoms with Gasteiger partial charge in [-0.25, -0.2) is 5.43 Å². The number of amides is 1. The summed E-state index contributed by atoms with van der Waals surface area (Å²) in [4.78, 5) is 12.7. The van der Waals surface area contributed by atoms with E-state index in [1.807, 2.05) is 66.2 Å². The van der Waals surface area contributed by atoms with E-state index < -0.39 is 0 Å². The van der Waals surface area contributed by atoms with Gasteiger partial charge in [-0.05, 0) is 17.7 Å². The van der Waals surface area contributed by atoms with Crippen molar-refractivity contribution in [3.8, 4) is 0 Å². The Hall–Kier alpha value is -2.40. The summed E-state index contributed by atoms with van der Waals surface area (Å²) < 4.78 is 3.12. The maximum absolute atomic E-state index is 11.9. The Bertz CT molecular complexity index is 833. The molecule has 0 bridgehead atoms. The second-order valence-corrected chi connectivity index (χ2v) is 5.73. The van der Waals surface area contributed by atoms with Crippen LogP contribution in [0.25, 0.3) is 10.2 Å². The molecule has 0 radical (unpaired) electrons. The van der Waals surface area contributed by atoms with Crippen LogP contribution in [0.4, 0.5) is 0 Å². The number of aromatic nitrogens is 1. The van der Waals surface area contributed by atoms with E-state index in [-0.39, 0.29) is 5.91 Å². The molecule has 0 atom stereocenters. The van der Waals surface area contributed by atoms with E-state index in [2.05, 4.69) is 10.5 Å². The molecule has 1 amide bonds. The van der Waals surface area contributed by atoms with Crippen molar-refractivity contribution in [3.05, 3.63) is 65.0 Å². The van der Waals surface area contributed by atoms with E-state index in [4.69, 9.17) is 0 Å². The van der Waals surface area contributed by atoms with Gasteiger partial charge < -0.3 is 4.57 Å². The summed E-state index contributed by atoms with van der Waals surface area (Å²) >= 11 is 1.55. The van der Waals surface area contributed by atoms with Gasteiger partial charge >= 0.3 is 0 Å². The number of carbonyl (C=O) groups excluding carboxylic acids is 1. The lowest BCUT2D eigenvalue weighted by Crippen LogP contribution is -2.24. The molecular formula is C16H15N3OS. The number of hydrogen-bond acceptors (Lipinski definition) is 3. The third-order valence-electron chi connectivity index (χ3n) is 3.20. The smallest absolute Gasteiger partial charge is 0.244 e. The average molecular weight is 297 g/mol. The van der Waals surface area contributed by atoms with Crippen molar-refractivity contribution in [3.63, 3.8) is 0 Å². The van der Waals surface area contributed by atoms with Crippen molar-refractivity contribution >= 4 is 27.5 Å². The minimum Gasteiger partial charge on any atom is -0.318 e. The van der Waals surface area contributed by atoms with Crippen molar-refractivity contribution in [2.45, 2.75) is 6.42 Å². The molecule has 1 aromatic heterocycles. The molecule has 3 aromatic rings. The van der Waals surface area contributed by atoms with Gasteiger partial charge in [0.1, 0.15) is 0 Å². The summed E-state index contributed by atoms with van der Waals surface area (Å²) in [7, 11) is 1.95. The molecule has 0 saturated carbocycles. The van der Waals surface area contributed by atoms with E-state index in [0.717, 1.165) is 20.6 Å². The maximum atomic E-state index is 11.9. The first-order valence-corrected chi connectivity index (χ1v) is 7.47. The van der Waals surface area contributed by atoms with E-state index in [0.29, 0.717) is 6.42 Å². The van der Waals surface area contributed by atoms with Crippen molar-refractivity contribution in [2.75, 3.05) is 0 Å². The monoisotopic (exact) mass is 297 g/mol. The largest absolute Gasteiger partial charge is 0.318 e. The fourth-order valence-corrected chi connectivity index (χ4v) is 3.10. The first kappa shape index (κ1) is 13.6.